The second kappa shape index (κ2) is 5.39. The zero-order valence-electron chi connectivity index (χ0n) is 8.90. The average molecular weight is 275 g/mol. The molecule has 0 aliphatic rings. The lowest BCUT2D eigenvalue weighted by Gasteiger charge is -2.11. The maximum absolute atomic E-state index is 11.5. The first-order valence-electron chi connectivity index (χ1n) is 4.65. The fourth-order valence-electron chi connectivity index (χ4n) is 1.20. The molecule has 0 aromatic carbocycles. The third kappa shape index (κ3) is 3.12. The number of likely N-dealkylation sites (N-methyl/N-ethyl adjacent to an activating group) is 1. The Labute approximate surface area is 97.4 Å². The van der Waals surface area contributed by atoms with Crippen LogP contribution in [0.2, 0.25) is 0 Å². The Kier molecular flexibility index (Phi) is 4.44. The lowest BCUT2D eigenvalue weighted by atomic mass is 10.3. The van der Waals surface area contributed by atoms with Crippen LogP contribution in [0.15, 0.2) is 10.7 Å². The summed E-state index contributed by atoms with van der Waals surface area (Å²) in [5.74, 6) is -0.0990. The topological polar surface area (TPSA) is 64.2 Å². The Bertz CT molecular complexity index is 348. The molecule has 0 saturated heterocycles. The molecule has 0 aliphatic heterocycles. The largest absolute Gasteiger partial charge is 0.324 e. The highest BCUT2D eigenvalue weighted by atomic mass is 79.9. The van der Waals surface area contributed by atoms with Gasteiger partial charge in [-0.1, -0.05) is 0 Å². The number of carbonyl (C=O) groups is 1. The van der Waals surface area contributed by atoms with Crippen LogP contribution < -0.4 is 5.73 Å². The maximum atomic E-state index is 11.5. The lowest BCUT2D eigenvalue weighted by molar-refractivity contribution is 0.0989. The summed E-state index contributed by atoms with van der Waals surface area (Å²) in [7, 11) is 3.95. The van der Waals surface area contributed by atoms with Gasteiger partial charge in [-0.15, -0.1) is 0 Å². The van der Waals surface area contributed by atoms with Crippen LogP contribution in [0.25, 0.3) is 0 Å². The number of nitrogens with zero attached hydrogens (tertiary/aromatic N) is 3. The highest BCUT2D eigenvalue weighted by molar-refractivity contribution is 9.10. The Hall–Kier alpha value is -0.720. The van der Waals surface area contributed by atoms with Crippen LogP contribution in [0.4, 0.5) is 0 Å². The fraction of sp³-hybridized carbons (Fsp3) is 0.556. The molecular formula is C9H15BrN4O. The summed E-state index contributed by atoms with van der Waals surface area (Å²) in [5.41, 5.74) is 5.89. The molecule has 0 spiro atoms. The minimum atomic E-state index is -0.0990. The molecule has 15 heavy (non-hydrogen) atoms. The highest BCUT2D eigenvalue weighted by Gasteiger charge is 2.15. The quantitative estimate of drug-likeness (QED) is 0.787. The van der Waals surface area contributed by atoms with Crippen LogP contribution in [-0.2, 0) is 6.54 Å². The molecule has 5 nitrogen and oxygen atoms in total. The van der Waals surface area contributed by atoms with Crippen molar-refractivity contribution >= 4 is 21.7 Å². The van der Waals surface area contributed by atoms with Gasteiger partial charge < -0.3 is 10.6 Å². The molecule has 0 fully saturated rings. The van der Waals surface area contributed by atoms with E-state index in [-0.39, 0.29) is 12.3 Å². The van der Waals surface area contributed by atoms with Crippen molar-refractivity contribution in [3.63, 3.8) is 0 Å². The number of Topliss-reactive ketones (excluding diaryl/α,β-unsaturated/α-hetero) is 1. The van der Waals surface area contributed by atoms with Crippen molar-refractivity contribution in [3.8, 4) is 0 Å². The van der Waals surface area contributed by atoms with Crippen molar-refractivity contribution in [1.29, 1.82) is 0 Å². The van der Waals surface area contributed by atoms with Crippen LogP contribution in [0.3, 0.4) is 0 Å². The van der Waals surface area contributed by atoms with Gasteiger partial charge in [-0.2, -0.15) is 5.10 Å². The van der Waals surface area contributed by atoms with Crippen molar-refractivity contribution < 1.29 is 4.79 Å². The molecule has 0 atom stereocenters. The van der Waals surface area contributed by atoms with E-state index in [1.165, 1.54) is 0 Å². The van der Waals surface area contributed by atoms with Crippen LogP contribution >= 0.6 is 15.9 Å². The molecule has 0 unspecified atom stereocenters. The van der Waals surface area contributed by atoms with Gasteiger partial charge in [0.2, 0.25) is 0 Å². The molecule has 1 heterocycles. The van der Waals surface area contributed by atoms with Gasteiger partial charge in [0, 0.05) is 6.54 Å². The van der Waals surface area contributed by atoms with Crippen LogP contribution in [-0.4, -0.2) is 47.6 Å². The third-order valence-corrected chi connectivity index (χ3v) is 2.58. The van der Waals surface area contributed by atoms with Gasteiger partial charge in [-0.25, -0.2) is 0 Å². The van der Waals surface area contributed by atoms with E-state index < -0.39 is 0 Å². The predicted octanol–water partition coefficient (Wildman–Crippen LogP) is 0.349. The van der Waals surface area contributed by atoms with Gasteiger partial charge in [0.25, 0.3) is 0 Å². The number of hydrogen-bond acceptors (Lipinski definition) is 4. The first-order valence-corrected chi connectivity index (χ1v) is 5.45. The second-order valence-electron chi connectivity index (χ2n) is 3.49. The van der Waals surface area contributed by atoms with Crippen molar-refractivity contribution in [3.05, 3.63) is 16.4 Å². The van der Waals surface area contributed by atoms with E-state index in [1.54, 1.807) is 10.9 Å². The standard InChI is InChI=1S/C9H15BrN4O/c1-13(2)3-4-14-9(8(15)5-11)7(10)6-12-14/h6H,3-5,11H2,1-2H3. The summed E-state index contributed by atoms with van der Waals surface area (Å²) in [6.07, 6.45) is 1.62. The zero-order chi connectivity index (χ0) is 11.4. The van der Waals surface area contributed by atoms with Gasteiger partial charge in [0.05, 0.1) is 23.8 Å². The molecule has 0 aliphatic carbocycles. The number of aromatic nitrogens is 2. The SMILES string of the molecule is CN(C)CCn1ncc(Br)c1C(=O)CN. The molecule has 1 rings (SSSR count). The molecule has 0 saturated carbocycles. The van der Waals surface area contributed by atoms with Crippen molar-refractivity contribution in [2.75, 3.05) is 27.2 Å². The maximum Gasteiger partial charge on any atom is 0.195 e. The molecule has 0 radical (unpaired) electrons. The minimum absolute atomic E-state index is 0.00621. The molecule has 0 amide bonds. The minimum Gasteiger partial charge on any atom is -0.324 e. The predicted molar refractivity (Wildman–Crippen MR) is 61.9 cm³/mol. The summed E-state index contributed by atoms with van der Waals surface area (Å²) in [4.78, 5) is 13.6. The van der Waals surface area contributed by atoms with E-state index in [0.29, 0.717) is 16.7 Å². The van der Waals surface area contributed by atoms with Gasteiger partial charge in [0.15, 0.2) is 5.78 Å². The van der Waals surface area contributed by atoms with Crippen molar-refractivity contribution in [1.82, 2.24) is 14.7 Å². The highest BCUT2D eigenvalue weighted by Crippen LogP contribution is 2.16. The van der Waals surface area contributed by atoms with Crippen LogP contribution in [0.5, 0.6) is 0 Å². The summed E-state index contributed by atoms with van der Waals surface area (Å²) in [6, 6.07) is 0. The van der Waals surface area contributed by atoms with Crippen LogP contribution in [0.1, 0.15) is 10.5 Å². The number of hydrogen-bond donors (Lipinski definition) is 1. The van der Waals surface area contributed by atoms with E-state index in [4.69, 9.17) is 5.73 Å². The smallest absolute Gasteiger partial charge is 0.195 e. The van der Waals surface area contributed by atoms with Crippen molar-refractivity contribution in [2.45, 2.75) is 6.54 Å². The van der Waals surface area contributed by atoms with Gasteiger partial charge in [-0.05, 0) is 30.0 Å². The van der Waals surface area contributed by atoms with Gasteiger partial charge in [0.1, 0.15) is 5.69 Å². The molecule has 1 aromatic rings. The summed E-state index contributed by atoms with van der Waals surface area (Å²) < 4.78 is 2.39. The number of rotatable bonds is 5. The normalized spacial score (nSPS) is 11.0. The lowest BCUT2D eigenvalue weighted by Crippen LogP contribution is -2.24. The molecule has 1 aromatic heterocycles. The Morgan fingerprint density at radius 3 is 2.87 bits per heavy atom. The first-order chi connectivity index (χ1) is 7.06. The summed E-state index contributed by atoms with van der Waals surface area (Å²) >= 11 is 3.29. The van der Waals surface area contributed by atoms with E-state index in [0.717, 1.165) is 6.54 Å². The molecular weight excluding hydrogens is 260 g/mol. The van der Waals surface area contributed by atoms with E-state index in [9.17, 15) is 4.79 Å². The average Bonchev–Trinajstić information content (AvgIpc) is 2.55. The van der Waals surface area contributed by atoms with E-state index in [2.05, 4.69) is 21.0 Å². The van der Waals surface area contributed by atoms with Crippen molar-refractivity contribution in [2.24, 2.45) is 5.73 Å². The zero-order valence-corrected chi connectivity index (χ0v) is 10.5. The first kappa shape index (κ1) is 12.4. The molecule has 0 bridgehead atoms. The monoisotopic (exact) mass is 274 g/mol. The Morgan fingerprint density at radius 2 is 2.33 bits per heavy atom. The molecule has 84 valence electrons. The molecule has 2 N–H and O–H groups in total. The Balaban J connectivity index is 2.84. The number of ketones is 1. The van der Waals surface area contributed by atoms with Crippen LogP contribution in [0, 0.1) is 0 Å². The number of halogens is 1. The fourth-order valence-corrected chi connectivity index (χ4v) is 1.72. The van der Waals surface area contributed by atoms with E-state index in [1.807, 2.05) is 19.0 Å². The number of nitrogens with two attached hydrogens (primary N) is 1. The summed E-state index contributed by atoms with van der Waals surface area (Å²) in [6.45, 7) is 1.52. The van der Waals surface area contributed by atoms with E-state index >= 15 is 0 Å². The van der Waals surface area contributed by atoms with Gasteiger partial charge >= 0.3 is 0 Å². The van der Waals surface area contributed by atoms with Gasteiger partial charge in [-0.3, -0.25) is 9.48 Å². The third-order valence-electron chi connectivity index (χ3n) is 2.00. The second-order valence-corrected chi connectivity index (χ2v) is 4.35. The Morgan fingerprint density at radius 1 is 1.67 bits per heavy atom. The summed E-state index contributed by atoms with van der Waals surface area (Å²) in [5, 5.41) is 4.12. The number of carbonyl (C=O) groups excluding carboxylic acids is 1. The molecule has 6 heteroatoms.